The van der Waals surface area contributed by atoms with Crippen LogP contribution in [0, 0.1) is 34.5 Å². The van der Waals surface area contributed by atoms with Gasteiger partial charge in [-0.3, -0.25) is 4.79 Å². The van der Waals surface area contributed by atoms with Crippen LogP contribution in [0.15, 0.2) is 11.8 Å². The lowest BCUT2D eigenvalue weighted by atomic mass is 9.46. The first-order valence-corrected chi connectivity index (χ1v) is 8.89. The smallest absolute Gasteiger partial charge is 0.197 e. The average Bonchev–Trinajstić information content (AvgIpc) is 2.82. The first kappa shape index (κ1) is 13.8. The van der Waals surface area contributed by atoms with Crippen LogP contribution in [-0.4, -0.2) is 10.9 Å². The number of hydrogen-bond donors (Lipinski definition) is 1. The highest BCUT2D eigenvalue weighted by Crippen LogP contribution is 2.65. The van der Waals surface area contributed by atoms with Gasteiger partial charge in [-0.25, -0.2) is 0 Å². The first-order chi connectivity index (χ1) is 9.94. The van der Waals surface area contributed by atoms with Crippen molar-refractivity contribution in [2.75, 3.05) is 0 Å². The lowest BCUT2D eigenvalue weighted by Gasteiger charge is -2.58. The van der Waals surface area contributed by atoms with Gasteiger partial charge in [-0.2, -0.15) is 0 Å². The van der Waals surface area contributed by atoms with Gasteiger partial charge in [0.25, 0.3) is 0 Å². The molecule has 0 radical (unpaired) electrons. The van der Waals surface area contributed by atoms with E-state index in [-0.39, 0.29) is 17.0 Å². The summed E-state index contributed by atoms with van der Waals surface area (Å²) in [6.07, 6.45) is 11.9. The number of hydrogen-bond acceptors (Lipinski definition) is 2. The van der Waals surface area contributed by atoms with Crippen LogP contribution in [0.1, 0.15) is 65.2 Å². The molecule has 2 nitrogen and oxygen atoms in total. The second-order valence-corrected chi connectivity index (χ2v) is 8.76. The summed E-state index contributed by atoms with van der Waals surface area (Å²) in [6, 6.07) is 0. The summed E-state index contributed by atoms with van der Waals surface area (Å²) in [5.74, 6) is 2.88. The molecule has 3 saturated carbocycles. The van der Waals surface area contributed by atoms with Gasteiger partial charge >= 0.3 is 0 Å². The Kier molecular flexibility index (Phi) is 2.88. The zero-order chi connectivity index (χ0) is 14.8. The lowest BCUT2D eigenvalue weighted by Crippen LogP contribution is -2.51. The first-order valence-electron chi connectivity index (χ1n) is 8.89. The predicted octanol–water partition coefficient (Wildman–Crippen LogP) is 4.65. The minimum Gasteiger partial charge on any atom is -0.505 e. The summed E-state index contributed by atoms with van der Waals surface area (Å²) in [5, 5.41) is 10.0. The largest absolute Gasteiger partial charge is 0.505 e. The molecule has 0 bridgehead atoms. The molecule has 1 N–H and O–H groups in total. The molecule has 0 heterocycles. The van der Waals surface area contributed by atoms with Crippen molar-refractivity contribution in [1.82, 2.24) is 0 Å². The van der Waals surface area contributed by atoms with Crippen molar-refractivity contribution in [3.8, 4) is 0 Å². The number of allylic oxidation sites excluding steroid dienone is 2. The molecule has 0 aromatic carbocycles. The van der Waals surface area contributed by atoms with Crippen LogP contribution in [-0.2, 0) is 4.79 Å². The number of carbonyl (C=O) groups excluding carboxylic acids is 1. The van der Waals surface area contributed by atoms with Crippen molar-refractivity contribution in [1.29, 1.82) is 0 Å². The molecule has 116 valence electrons. The zero-order valence-corrected chi connectivity index (χ0v) is 13.4. The Morgan fingerprint density at radius 1 is 1.10 bits per heavy atom. The minimum absolute atomic E-state index is 0.0301. The molecule has 6 atom stereocenters. The van der Waals surface area contributed by atoms with Gasteiger partial charge in [-0.05, 0) is 79.1 Å². The molecule has 2 heteroatoms. The molecule has 0 aromatic heterocycles. The predicted molar refractivity (Wildman–Crippen MR) is 82.8 cm³/mol. The van der Waals surface area contributed by atoms with Crippen LogP contribution >= 0.6 is 0 Å². The second-order valence-electron chi connectivity index (χ2n) is 8.76. The molecule has 0 unspecified atom stereocenters. The van der Waals surface area contributed by atoms with Gasteiger partial charge in [0.1, 0.15) is 0 Å². The number of ketones is 1. The van der Waals surface area contributed by atoms with Gasteiger partial charge < -0.3 is 5.11 Å². The summed E-state index contributed by atoms with van der Waals surface area (Å²) in [6.45, 7) is 4.85. The Balaban J connectivity index is 1.71. The molecule has 0 spiro atoms. The van der Waals surface area contributed by atoms with Crippen LogP contribution in [0.25, 0.3) is 0 Å². The van der Waals surface area contributed by atoms with E-state index in [1.807, 2.05) is 6.08 Å². The number of aliphatic hydroxyl groups excluding tert-OH is 1. The maximum Gasteiger partial charge on any atom is 0.197 e. The Labute approximate surface area is 128 Å². The van der Waals surface area contributed by atoms with Crippen molar-refractivity contribution in [2.45, 2.75) is 65.2 Å². The summed E-state index contributed by atoms with van der Waals surface area (Å²) in [5.41, 5.74) is 0.644. The van der Waals surface area contributed by atoms with Crippen LogP contribution in [0.4, 0.5) is 0 Å². The molecular weight excluding hydrogens is 260 g/mol. The summed E-state index contributed by atoms with van der Waals surface area (Å²) in [4.78, 5) is 11.9. The van der Waals surface area contributed by atoms with E-state index >= 15 is 0 Å². The molecule has 0 amide bonds. The fraction of sp³-hybridized carbons (Fsp3) is 0.842. The maximum atomic E-state index is 11.9. The van der Waals surface area contributed by atoms with Gasteiger partial charge in [0.15, 0.2) is 11.5 Å². The van der Waals surface area contributed by atoms with E-state index in [9.17, 15) is 9.90 Å². The highest BCUT2D eigenvalue weighted by atomic mass is 16.3. The minimum atomic E-state index is -0.0301. The number of aliphatic hydroxyl groups is 1. The van der Waals surface area contributed by atoms with Crippen LogP contribution in [0.3, 0.4) is 0 Å². The molecule has 3 fully saturated rings. The van der Waals surface area contributed by atoms with Crippen LogP contribution in [0.5, 0.6) is 0 Å². The van der Waals surface area contributed by atoms with Gasteiger partial charge in [0.2, 0.25) is 0 Å². The normalized spacial score (nSPS) is 52.7. The Hall–Kier alpha value is -0.790. The Morgan fingerprint density at radius 3 is 2.71 bits per heavy atom. The third kappa shape index (κ3) is 1.80. The van der Waals surface area contributed by atoms with Gasteiger partial charge in [0.05, 0.1) is 0 Å². The summed E-state index contributed by atoms with van der Waals surface area (Å²) in [7, 11) is 0. The fourth-order valence-corrected chi connectivity index (χ4v) is 6.71. The molecule has 0 aliphatic heterocycles. The van der Waals surface area contributed by atoms with Gasteiger partial charge in [0, 0.05) is 6.42 Å². The topological polar surface area (TPSA) is 37.3 Å². The van der Waals surface area contributed by atoms with E-state index in [2.05, 4.69) is 13.8 Å². The maximum absolute atomic E-state index is 11.9. The SMILES string of the molecule is C[C@@]12CCC[C@H]1[C@@H]1CC[C@H]3CC(=O)C(O)=C[C@]3(C)[C@H]1CC2. The van der Waals surface area contributed by atoms with Gasteiger partial charge in [-0.15, -0.1) is 0 Å². The molecule has 0 saturated heterocycles. The van der Waals surface area contributed by atoms with Crippen LogP contribution < -0.4 is 0 Å². The summed E-state index contributed by atoms with van der Waals surface area (Å²) < 4.78 is 0. The van der Waals surface area contributed by atoms with Gasteiger partial charge in [-0.1, -0.05) is 20.3 Å². The standard InChI is InChI=1S/C19H28O2/c1-18-8-3-4-14(18)13-6-5-12-10-16(20)17(21)11-19(12,2)15(13)7-9-18/h11-15,21H,3-10H2,1-2H3/t12-,13-,14-,15-,18-,19-/m0/s1. The highest BCUT2D eigenvalue weighted by molar-refractivity contribution is 5.94. The van der Waals surface area contributed by atoms with Crippen LogP contribution in [0.2, 0.25) is 0 Å². The van der Waals surface area contributed by atoms with Crippen molar-refractivity contribution in [3.63, 3.8) is 0 Å². The van der Waals surface area contributed by atoms with E-state index < -0.39 is 0 Å². The quantitative estimate of drug-likeness (QED) is 0.704. The average molecular weight is 288 g/mol. The number of rotatable bonds is 0. The molecule has 0 aromatic rings. The van der Waals surface area contributed by atoms with Crippen molar-refractivity contribution >= 4 is 5.78 Å². The lowest BCUT2D eigenvalue weighted by molar-refractivity contribution is -0.126. The Morgan fingerprint density at radius 2 is 1.90 bits per heavy atom. The number of carbonyl (C=O) groups is 1. The van der Waals surface area contributed by atoms with E-state index in [4.69, 9.17) is 0 Å². The van der Waals surface area contributed by atoms with Crippen molar-refractivity contribution < 1.29 is 9.90 Å². The molecule has 4 aliphatic carbocycles. The number of Topliss-reactive ketones (excluding diaryl/α,β-unsaturated/α-hetero) is 1. The monoisotopic (exact) mass is 288 g/mol. The molecule has 21 heavy (non-hydrogen) atoms. The molecule has 4 aliphatic rings. The second kappa shape index (κ2) is 4.36. The van der Waals surface area contributed by atoms with E-state index in [0.29, 0.717) is 23.7 Å². The molecular formula is C19H28O2. The molecule has 4 rings (SSSR count). The van der Waals surface area contributed by atoms with E-state index in [1.54, 1.807) is 0 Å². The zero-order valence-electron chi connectivity index (χ0n) is 13.4. The van der Waals surface area contributed by atoms with Crippen molar-refractivity contribution in [2.24, 2.45) is 34.5 Å². The van der Waals surface area contributed by atoms with Crippen molar-refractivity contribution in [3.05, 3.63) is 11.8 Å². The Bertz CT molecular complexity index is 508. The fourth-order valence-electron chi connectivity index (χ4n) is 6.71. The third-order valence-corrected chi connectivity index (χ3v) is 7.91. The highest BCUT2D eigenvalue weighted by Gasteiger charge is 2.57. The number of fused-ring (bicyclic) bond motifs is 5. The van der Waals surface area contributed by atoms with E-state index in [0.717, 1.165) is 11.8 Å². The third-order valence-electron chi connectivity index (χ3n) is 7.91. The van der Waals surface area contributed by atoms with E-state index in [1.165, 1.54) is 44.9 Å². The summed E-state index contributed by atoms with van der Waals surface area (Å²) >= 11 is 0.